The molecule has 4 unspecified atom stereocenters. The average Bonchev–Trinajstić information content (AvgIpc) is 2.43. The van der Waals surface area contributed by atoms with Gasteiger partial charge in [-0.25, -0.2) is 0 Å². The number of rotatable bonds is 4. The zero-order chi connectivity index (χ0) is 15.6. The van der Waals surface area contributed by atoms with E-state index in [9.17, 15) is 0 Å². The van der Waals surface area contributed by atoms with Crippen LogP contribution in [0.25, 0.3) is 0 Å². The van der Waals surface area contributed by atoms with Gasteiger partial charge in [-0.05, 0) is 62.4 Å². The van der Waals surface area contributed by atoms with Crippen molar-refractivity contribution in [2.75, 3.05) is 18.0 Å². The molecule has 0 spiro atoms. The molecule has 1 aromatic rings. The second-order valence-corrected chi connectivity index (χ2v) is 7.61. The second kappa shape index (κ2) is 7.15. The van der Waals surface area contributed by atoms with Gasteiger partial charge in [0.25, 0.3) is 0 Å². The quantitative estimate of drug-likeness (QED) is 0.820. The van der Waals surface area contributed by atoms with Crippen molar-refractivity contribution in [3.8, 4) is 0 Å². The maximum absolute atomic E-state index is 3.63. The lowest BCUT2D eigenvalue weighted by Gasteiger charge is -2.44. The molecule has 1 heterocycles. The van der Waals surface area contributed by atoms with Gasteiger partial charge in [0.05, 0.1) is 0 Å². The van der Waals surface area contributed by atoms with E-state index in [-0.39, 0.29) is 0 Å². The summed E-state index contributed by atoms with van der Waals surface area (Å²) in [6.45, 7) is 13.7. The van der Waals surface area contributed by atoms with Gasteiger partial charge >= 0.3 is 0 Å². The molecular weight excluding hydrogens is 324 g/mol. The van der Waals surface area contributed by atoms with E-state index in [2.05, 4.69) is 79.0 Å². The Bertz CT molecular complexity index is 474. The minimum absolute atomic E-state index is 0.377. The van der Waals surface area contributed by atoms with Crippen LogP contribution in [0.3, 0.4) is 0 Å². The fraction of sp³-hybridized carbons (Fsp3) is 0.667. The molecule has 1 saturated heterocycles. The first kappa shape index (κ1) is 16.8. The van der Waals surface area contributed by atoms with Gasteiger partial charge in [0.15, 0.2) is 0 Å². The molecule has 2 nitrogen and oxygen atoms in total. The molecule has 118 valence electrons. The lowest BCUT2D eigenvalue weighted by Crippen LogP contribution is -2.46. The Morgan fingerprint density at radius 2 is 2.05 bits per heavy atom. The van der Waals surface area contributed by atoms with Crippen LogP contribution in [-0.2, 0) is 0 Å². The minimum Gasteiger partial charge on any atom is -0.368 e. The van der Waals surface area contributed by atoms with E-state index in [1.165, 1.54) is 24.2 Å². The zero-order valence-corrected chi connectivity index (χ0v) is 15.6. The maximum atomic E-state index is 3.63. The summed E-state index contributed by atoms with van der Waals surface area (Å²) >= 11 is 3.63. The fourth-order valence-electron chi connectivity index (χ4n) is 3.58. The molecular formula is C18H29BrN2. The summed E-state index contributed by atoms with van der Waals surface area (Å²) in [5.41, 5.74) is 2.80. The van der Waals surface area contributed by atoms with E-state index >= 15 is 0 Å². The Balaban J connectivity index is 2.37. The summed E-state index contributed by atoms with van der Waals surface area (Å²) in [5.74, 6) is 1.52. The first-order valence-corrected chi connectivity index (χ1v) is 9.02. The topological polar surface area (TPSA) is 15.3 Å². The summed E-state index contributed by atoms with van der Waals surface area (Å²) in [7, 11) is 0. The van der Waals surface area contributed by atoms with Gasteiger partial charge in [0, 0.05) is 28.8 Å². The second-order valence-electron chi connectivity index (χ2n) is 6.69. The average molecular weight is 353 g/mol. The molecule has 1 aromatic carbocycles. The minimum atomic E-state index is 0.377. The van der Waals surface area contributed by atoms with Gasteiger partial charge < -0.3 is 10.2 Å². The van der Waals surface area contributed by atoms with Crippen molar-refractivity contribution in [1.82, 2.24) is 5.32 Å². The SMILES string of the molecule is CCNC(C)c1cc(Br)ccc1N1CC(C)CC(C)C1C. The number of benzene rings is 1. The van der Waals surface area contributed by atoms with Crippen molar-refractivity contribution in [3.63, 3.8) is 0 Å². The highest BCUT2D eigenvalue weighted by molar-refractivity contribution is 9.10. The van der Waals surface area contributed by atoms with Crippen molar-refractivity contribution in [3.05, 3.63) is 28.2 Å². The Morgan fingerprint density at radius 3 is 2.71 bits per heavy atom. The van der Waals surface area contributed by atoms with Crippen LogP contribution in [0.4, 0.5) is 5.69 Å². The number of nitrogens with zero attached hydrogens (tertiary/aromatic N) is 1. The first-order chi connectivity index (χ1) is 9.93. The van der Waals surface area contributed by atoms with Gasteiger partial charge in [-0.15, -0.1) is 0 Å². The highest BCUT2D eigenvalue weighted by Crippen LogP contribution is 2.36. The molecule has 0 aliphatic carbocycles. The monoisotopic (exact) mass is 352 g/mol. The Hall–Kier alpha value is -0.540. The van der Waals surface area contributed by atoms with Gasteiger partial charge in [0.1, 0.15) is 0 Å². The van der Waals surface area contributed by atoms with E-state index in [1.54, 1.807) is 0 Å². The van der Waals surface area contributed by atoms with Gasteiger partial charge in [-0.2, -0.15) is 0 Å². The molecule has 0 saturated carbocycles. The summed E-state index contributed by atoms with van der Waals surface area (Å²) in [6.07, 6.45) is 1.34. The third-order valence-corrected chi connectivity index (χ3v) is 5.37. The number of piperidine rings is 1. The summed E-state index contributed by atoms with van der Waals surface area (Å²) in [5, 5.41) is 3.56. The molecule has 1 fully saturated rings. The molecule has 3 heteroatoms. The predicted molar refractivity (Wildman–Crippen MR) is 96.0 cm³/mol. The van der Waals surface area contributed by atoms with Crippen LogP contribution in [0.15, 0.2) is 22.7 Å². The van der Waals surface area contributed by atoms with Crippen molar-refractivity contribution in [1.29, 1.82) is 0 Å². The summed E-state index contributed by atoms with van der Waals surface area (Å²) in [4.78, 5) is 2.62. The van der Waals surface area contributed by atoms with E-state index < -0.39 is 0 Å². The van der Waals surface area contributed by atoms with Crippen LogP contribution in [0.2, 0.25) is 0 Å². The molecule has 0 radical (unpaired) electrons. The van der Waals surface area contributed by atoms with Crippen molar-refractivity contribution < 1.29 is 0 Å². The number of hydrogen-bond acceptors (Lipinski definition) is 2. The number of halogens is 1. The standard InChI is InChI=1S/C18H29BrN2/c1-6-20-14(4)17-10-16(19)7-8-18(17)21-11-12(2)9-13(3)15(21)5/h7-8,10,12-15,20H,6,9,11H2,1-5H3. The third-order valence-electron chi connectivity index (χ3n) is 4.87. The smallest absolute Gasteiger partial charge is 0.0417 e. The first-order valence-electron chi connectivity index (χ1n) is 8.23. The van der Waals surface area contributed by atoms with Crippen LogP contribution in [0.1, 0.15) is 52.6 Å². The lowest BCUT2D eigenvalue weighted by molar-refractivity contribution is 0.296. The maximum Gasteiger partial charge on any atom is 0.0417 e. The predicted octanol–water partition coefficient (Wildman–Crippen LogP) is 4.99. The Kier molecular flexibility index (Phi) is 5.73. The Morgan fingerprint density at radius 1 is 1.33 bits per heavy atom. The molecule has 1 aliphatic heterocycles. The number of anilines is 1. The van der Waals surface area contributed by atoms with Crippen LogP contribution in [-0.4, -0.2) is 19.1 Å². The van der Waals surface area contributed by atoms with Gasteiger partial charge in [0.2, 0.25) is 0 Å². The van der Waals surface area contributed by atoms with Crippen molar-refractivity contribution in [2.24, 2.45) is 11.8 Å². The molecule has 0 bridgehead atoms. The van der Waals surface area contributed by atoms with Gasteiger partial charge in [-0.3, -0.25) is 0 Å². The molecule has 21 heavy (non-hydrogen) atoms. The van der Waals surface area contributed by atoms with E-state index in [1.807, 2.05) is 0 Å². The van der Waals surface area contributed by atoms with Gasteiger partial charge in [-0.1, -0.05) is 36.7 Å². The summed E-state index contributed by atoms with van der Waals surface area (Å²) < 4.78 is 1.16. The fourth-order valence-corrected chi connectivity index (χ4v) is 3.96. The molecule has 4 atom stereocenters. The van der Waals surface area contributed by atoms with Crippen molar-refractivity contribution >= 4 is 21.6 Å². The summed E-state index contributed by atoms with van der Waals surface area (Å²) in [6, 6.07) is 7.72. The highest BCUT2D eigenvalue weighted by atomic mass is 79.9. The van der Waals surface area contributed by atoms with E-state index in [0.29, 0.717) is 12.1 Å². The largest absolute Gasteiger partial charge is 0.368 e. The molecule has 1 aliphatic rings. The lowest BCUT2D eigenvalue weighted by atomic mass is 9.85. The normalized spacial score (nSPS) is 27.7. The van der Waals surface area contributed by atoms with E-state index in [0.717, 1.165) is 22.9 Å². The van der Waals surface area contributed by atoms with Crippen LogP contribution >= 0.6 is 15.9 Å². The van der Waals surface area contributed by atoms with Crippen molar-refractivity contribution in [2.45, 2.75) is 53.1 Å². The molecule has 0 amide bonds. The Labute approximate surface area is 138 Å². The van der Waals surface area contributed by atoms with Crippen LogP contribution in [0.5, 0.6) is 0 Å². The molecule has 0 aromatic heterocycles. The molecule has 2 rings (SSSR count). The number of nitrogens with one attached hydrogen (secondary N) is 1. The van der Waals surface area contributed by atoms with Crippen LogP contribution < -0.4 is 10.2 Å². The van der Waals surface area contributed by atoms with E-state index in [4.69, 9.17) is 0 Å². The van der Waals surface area contributed by atoms with Crippen LogP contribution in [0, 0.1) is 11.8 Å². The molecule has 1 N–H and O–H groups in total. The zero-order valence-electron chi connectivity index (χ0n) is 14.0. The highest BCUT2D eigenvalue weighted by Gasteiger charge is 2.30. The number of hydrogen-bond donors (Lipinski definition) is 1. The third kappa shape index (κ3) is 3.81.